The highest BCUT2D eigenvalue weighted by Crippen LogP contribution is 2.30. The van der Waals surface area contributed by atoms with Crippen LogP contribution in [0.3, 0.4) is 0 Å². The largest absolute Gasteiger partial charge is 0.490 e. The Bertz CT molecular complexity index is 982. The van der Waals surface area contributed by atoms with Crippen molar-refractivity contribution in [3.05, 3.63) is 50.9 Å². The number of aryl methyl sites for hydroxylation is 1. The quantitative estimate of drug-likeness (QED) is 0.798. The van der Waals surface area contributed by atoms with Gasteiger partial charge in [-0.3, -0.25) is 4.79 Å². The van der Waals surface area contributed by atoms with Gasteiger partial charge in [-0.2, -0.15) is 5.10 Å². The summed E-state index contributed by atoms with van der Waals surface area (Å²) in [5.74, 6) is 0.725. The van der Waals surface area contributed by atoms with Crippen LogP contribution in [0, 0.1) is 0 Å². The van der Waals surface area contributed by atoms with Crippen LogP contribution in [-0.4, -0.2) is 24.7 Å². The van der Waals surface area contributed by atoms with Crippen LogP contribution in [0.2, 0.25) is 0 Å². The Morgan fingerprint density at radius 3 is 2.73 bits per heavy atom. The van der Waals surface area contributed by atoms with Crippen LogP contribution in [0.25, 0.3) is 0 Å². The van der Waals surface area contributed by atoms with E-state index in [4.69, 9.17) is 4.74 Å². The number of nitrogens with one attached hydrogen (secondary N) is 2. The molecule has 0 radical (unpaired) electrons. The fourth-order valence-electron chi connectivity index (χ4n) is 3.28. The molecule has 0 bridgehead atoms. The number of benzene rings is 1. The standard InChI is InChI=1S/C18H23N3O4S/c1-4-14-15(18(22)21-20-16(14)5-2)10-19-26(23,24)13-6-7-17-12(9-13)8-11(3)25-17/h6-7,9,11,19H,4-5,8,10H2,1-3H3,(H,21,22). The Kier molecular flexibility index (Phi) is 5.15. The molecule has 1 aliphatic rings. The van der Waals surface area contributed by atoms with Crippen molar-refractivity contribution in [1.29, 1.82) is 0 Å². The summed E-state index contributed by atoms with van der Waals surface area (Å²) in [7, 11) is -3.74. The Hall–Kier alpha value is -2.19. The molecule has 0 aliphatic carbocycles. The van der Waals surface area contributed by atoms with Crippen LogP contribution in [0.5, 0.6) is 5.75 Å². The summed E-state index contributed by atoms with van der Waals surface area (Å²) in [6.07, 6.45) is 2.02. The van der Waals surface area contributed by atoms with Crippen LogP contribution >= 0.6 is 0 Å². The van der Waals surface area contributed by atoms with Crippen molar-refractivity contribution in [2.24, 2.45) is 0 Å². The maximum Gasteiger partial charge on any atom is 0.268 e. The molecular formula is C18H23N3O4S. The number of hydrogen-bond acceptors (Lipinski definition) is 5. The van der Waals surface area contributed by atoms with Gasteiger partial charge in [0.2, 0.25) is 10.0 Å². The smallest absolute Gasteiger partial charge is 0.268 e. The van der Waals surface area contributed by atoms with E-state index in [9.17, 15) is 13.2 Å². The second-order valence-electron chi connectivity index (χ2n) is 6.39. The summed E-state index contributed by atoms with van der Waals surface area (Å²) in [4.78, 5) is 12.3. The van der Waals surface area contributed by atoms with Crippen molar-refractivity contribution in [2.45, 2.75) is 57.6 Å². The minimum atomic E-state index is -3.74. The van der Waals surface area contributed by atoms with Crippen LogP contribution in [0.1, 0.15) is 43.2 Å². The molecule has 1 aliphatic heterocycles. The van der Waals surface area contributed by atoms with Gasteiger partial charge in [0.15, 0.2) is 0 Å². The Labute approximate surface area is 152 Å². The van der Waals surface area contributed by atoms with E-state index < -0.39 is 10.0 Å². The molecule has 26 heavy (non-hydrogen) atoms. The predicted molar refractivity (Wildman–Crippen MR) is 97.9 cm³/mol. The number of fused-ring (bicyclic) bond motifs is 1. The summed E-state index contributed by atoms with van der Waals surface area (Å²) in [6.45, 7) is 5.75. The third kappa shape index (κ3) is 3.52. The van der Waals surface area contributed by atoms with Crippen molar-refractivity contribution >= 4 is 10.0 Å². The lowest BCUT2D eigenvalue weighted by atomic mass is 10.0. The SMILES string of the molecule is CCc1n[nH]c(=O)c(CNS(=O)(=O)c2ccc3c(c2)CC(C)O3)c1CC. The second kappa shape index (κ2) is 7.20. The zero-order valence-electron chi connectivity index (χ0n) is 15.1. The predicted octanol–water partition coefficient (Wildman–Crippen LogP) is 1.70. The molecule has 1 atom stereocenters. The zero-order chi connectivity index (χ0) is 18.9. The first-order chi connectivity index (χ1) is 12.4. The van der Waals surface area contributed by atoms with E-state index in [-0.39, 0.29) is 23.1 Å². The van der Waals surface area contributed by atoms with Crippen molar-refractivity contribution in [3.8, 4) is 5.75 Å². The topological polar surface area (TPSA) is 101 Å². The molecule has 140 valence electrons. The highest BCUT2D eigenvalue weighted by molar-refractivity contribution is 7.89. The molecule has 2 heterocycles. The molecular weight excluding hydrogens is 354 g/mol. The number of ether oxygens (including phenoxy) is 1. The van der Waals surface area contributed by atoms with E-state index in [1.165, 1.54) is 6.07 Å². The number of nitrogens with zero attached hydrogens (tertiary/aromatic N) is 1. The maximum atomic E-state index is 12.7. The molecule has 1 aromatic heterocycles. The Morgan fingerprint density at radius 2 is 2.04 bits per heavy atom. The van der Waals surface area contributed by atoms with Gasteiger partial charge in [-0.15, -0.1) is 0 Å². The van der Waals surface area contributed by atoms with Gasteiger partial charge in [0, 0.05) is 18.5 Å². The lowest BCUT2D eigenvalue weighted by molar-refractivity contribution is 0.254. The van der Waals surface area contributed by atoms with Crippen molar-refractivity contribution in [3.63, 3.8) is 0 Å². The van der Waals surface area contributed by atoms with Gasteiger partial charge in [0.1, 0.15) is 11.9 Å². The van der Waals surface area contributed by atoms with Crippen molar-refractivity contribution < 1.29 is 13.2 Å². The summed E-state index contributed by atoms with van der Waals surface area (Å²) in [6, 6.07) is 4.84. The van der Waals surface area contributed by atoms with Crippen LogP contribution in [-0.2, 0) is 35.8 Å². The minimum absolute atomic E-state index is 0.0471. The van der Waals surface area contributed by atoms with Crippen LogP contribution < -0.4 is 15.0 Å². The summed E-state index contributed by atoms with van der Waals surface area (Å²) in [5, 5.41) is 6.50. The monoisotopic (exact) mass is 377 g/mol. The van der Waals surface area contributed by atoms with Gasteiger partial charge >= 0.3 is 0 Å². The summed E-state index contributed by atoms with van der Waals surface area (Å²) in [5.41, 5.74) is 2.52. The normalized spacial score (nSPS) is 16.3. The van der Waals surface area contributed by atoms with Crippen LogP contribution in [0.15, 0.2) is 27.9 Å². The number of aromatic nitrogens is 2. The summed E-state index contributed by atoms with van der Waals surface area (Å²) >= 11 is 0. The Balaban J connectivity index is 1.86. The molecule has 2 N–H and O–H groups in total. The Morgan fingerprint density at radius 1 is 1.27 bits per heavy atom. The van der Waals surface area contributed by atoms with E-state index in [1.54, 1.807) is 12.1 Å². The average molecular weight is 377 g/mol. The lowest BCUT2D eigenvalue weighted by Crippen LogP contribution is -2.29. The third-order valence-electron chi connectivity index (χ3n) is 4.58. The molecule has 0 spiro atoms. The molecule has 2 aromatic rings. The van der Waals surface area contributed by atoms with Gasteiger partial charge in [-0.25, -0.2) is 18.2 Å². The lowest BCUT2D eigenvalue weighted by Gasteiger charge is -2.12. The molecule has 0 amide bonds. The number of sulfonamides is 1. The fraction of sp³-hybridized carbons (Fsp3) is 0.444. The summed E-state index contributed by atoms with van der Waals surface area (Å²) < 4.78 is 33.5. The van der Waals surface area contributed by atoms with E-state index in [0.717, 1.165) is 22.6 Å². The van der Waals surface area contributed by atoms with Gasteiger partial charge in [0.05, 0.1) is 10.6 Å². The molecule has 0 saturated heterocycles. The highest BCUT2D eigenvalue weighted by atomic mass is 32.2. The fourth-order valence-corrected chi connectivity index (χ4v) is 4.32. The van der Waals surface area contributed by atoms with Gasteiger partial charge in [0.25, 0.3) is 5.56 Å². The van der Waals surface area contributed by atoms with Crippen molar-refractivity contribution in [1.82, 2.24) is 14.9 Å². The zero-order valence-corrected chi connectivity index (χ0v) is 15.9. The molecule has 0 fully saturated rings. The first-order valence-corrected chi connectivity index (χ1v) is 10.2. The molecule has 3 rings (SSSR count). The van der Waals surface area contributed by atoms with Crippen molar-refractivity contribution in [2.75, 3.05) is 0 Å². The van der Waals surface area contributed by atoms with Crippen LogP contribution in [0.4, 0.5) is 0 Å². The van der Waals surface area contributed by atoms with E-state index in [1.807, 2.05) is 20.8 Å². The van der Waals surface area contributed by atoms with Gasteiger partial charge < -0.3 is 4.74 Å². The minimum Gasteiger partial charge on any atom is -0.490 e. The number of hydrogen-bond donors (Lipinski definition) is 2. The first-order valence-electron chi connectivity index (χ1n) is 8.74. The molecule has 1 unspecified atom stereocenters. The average Bonchev–Trinajstić information content (AvgIpc) is 2.99. The maximum absolute atomic E-state index is 12.7. The molecule has 0 saturated carbocycles. The second-order valence-corrected chi connectivity index (χ2v) is 8.16. The third-order valence-corrected chi connectivity index (χ3v) is 5.98. The first kappa shape index (κ1) is 18.6. The van der Waals surface area contributed by atoms with E-state index in [2.05, 4.69) is 14.9 Å². The van der Waals surface area contributed by atoms with Gasteiger partial charge in [-0.1, -0.05) is 13.8 Å². The van der Waals surface area contributed by atoms with E-state index >= 15 is 0 Å². The number of aromatic amines is 1. The highest BCUT2D eigenvalue weighted by Gasteiger charge is 2.23. The number of rotatable bonds is 6. The molecule has 7 nitrogen and oxygen atoms in total. The molecule has 8 heteroatoms. The van der Waals surface area contributed by atoms with E-state index in [0.29, 0.717) is 24.8 Å². The number of H-pyrrole nitrogens is 1. The molecule has 1 aromatic carbocycles. The van der Waals surface area contributed by atoms with Gasteiger partial charge in [-0.05, 0) is 49.1 Å².